The molecule has 3 aromatic heterocycles. The van der Waals surface area contributed by atoms with Gasteiger partial charge in [-0.15, -0.1) is 0 Å². The van der Waals surface area contributed by atoms with Crippen LogP contribution in [0.3, 0.4) is 0 Å². The summed E-state index contributed by atoms with van der Waals surface area (Å²) < 4.78 is 14.7. The molecule has 0 saturated heterocycles. The van der Waals surface area contributed by atoms with Crippen molar-refractivity contribution < 1.29 is 8.83 Å². The van der Waals surface area contributed by atoms with E-state index in [1.807, 2.05) is 30.3 Å². The van der Waals surface area contributed by atoms with Crippen LogP contribution in [0, 0.1) is 0 Å². The zero-order chi connectivity index (χ0) is 21.5. The van der Waals surface area contributed by atoms with Gasteiger partial charge in [0.2, 0.25) is 0 Å². The smallest absolute Gasteiger partial charge is 0.307 e. The van der Waals surface area contributed by atoms with Crippen molar-refractivity contribution in [3.8, 4) is 6.01 Å². The molecule has 8 aromatic rings. The second-order valence-electron chi connectivity index (χ2n) is 8.41. The Morgan fingerprint density at radius 3 is 2.27 bits per heavy atom. The van der Waals surface area contributed by atoms with Crippen LogP contribution in [0.2, 0.25) is 0 Å². The van der Waals surface area contributed by atoms with Crippen molar-refractivity contribution in [1.29, 1.82) is 0 Å². The summed E-state index contributed by atoms with van der Waals surface area (Å²) in [7, 11) is 0. The molecule has 0 saturated carbocycles. The SMILES string of the molecule is c1ccc2c(c1)ccc1c2c2ccccc2n1-c1nc2ccc3oc4ccccc4c3c2o1. The van der Waals surface area contributed by atoms with Gasteiger partial charge < -0.3 is 8.83 Å². The number of fused-ring (bicyclic) bond motifs is 10. The Hall–Kier alpha value is -4.57. The molecule has 0 fully saturated rings. The predicted molar refractivity (Wildman–Crippen MR) is 133 cm³/mol. The summed E-state index contributed by atoms with van der Waals surface area (Å²) in [6, 6.07) is 33.8. The molecular formula is C29H16N2O2. The first-order valence-electron chi connectivity index (χ1n) is 11.0. The summed E-state index contributed by atoms with van der Waals surface area (Å²) in [6.07, 6.45) is 0. The Bertz CT molecular complexity index is 2040. The third kappa shape index (κ3) is 2.17. The Morgan fingerprint density at radius 1 is 0.545 bits per heavy atom. The van der Waals surface area contributed by atoms with Crippen molar-refractivity contribution in [3.63, 3.8) is 0 Å². The van der Waals surface area contributed by atoms with Gasteiger partial charge in [0.1, 0.15) is 16.7 Å². The summed E-state index contributed by atoms with van der Waals surface area (Å²) in [5.74, 6) is 0. The van der Waals surface area contributed by atoms with Crippen LogP contribution in [0.15, 0.2) is 106 Å². The molecule has 0 aliphatic carbocycles. The number of hydrogen-bond donors (Lipinski definition) is 0. The normalized spacial score (nSPS) is 12.2. The molecule has 0 atom stereocenters. The molecule has 154 valence electrons. The van der Waals surface area contributed by atoms with Gasteiger partial charge in [0, 0.05) is 16.2 Å². The molecule has 4 nitrogen and oxygen atoms in total. The van der Waals surface area contributed by atoms with Crippen LogP contribution < -0.4 is 0 Å². The number of benzene rings is 5. The fraction of sp³-hybridized carbons (Fsp3) is 0. The van der Waals surface area contributed by atoms with E-state index in [1.165, 1.54) is 21.5 Å². The average Bonchev–Trinajstić information content (AvgIpc) is 3.54. The van der Waals surface area contributed by atoms with E-state index >= 15 is 0 Å². The number of furan rings is 1. The van der Waals surface area contributed by atoms with Gasteiger partial charge in [0.25, 0.3) is 0 Å². The monoisotopic (exact) mass is 424 g/mol. The minimum atomic E-state index is 0.560. The van der Waals surface area contributed by atoms with Crippen LogP contribution in [0.1, 0.15) is 0 Å². The van der Waals surface area contributed by atoms with Crippen LogP contribution in [0.5, 0.6) is 0 Å². The van der Waals surface area contributed by atoms with Gasteiger partial charge in [-0.05, 0) is 41.1 Å². The summed E-state index contributed by atoms with van der Waals surface area (Å²) >= 11 is 0. The van der Waals surface area contributed by atoms with Gasteiger partial charge in [-0.1, -0.05) is 66.7 Å². The highest BCUT2D eigenvalue weighted by Crippen LogP contribution is 2.39. The van der Waals surface area contributed by atoms with Crippen LogP contribution in [-0.2, 0) is 0 Å². The molecule has 0 unspecified atom stereocenters. The van der Waals surface area contributed by atoms with E-state index in [0.29, 0.717) is 6.01 Å². The quantitative estimate of drug-likeness (QED) is 0.268. The summed E-state index contributed by atoms with van der Waals surface area (Å²) in [6.45, 7) is 0. The number of oxazole rings is 1. The maximum absolute atomic E-state index is 6.51. The fourth-order valence-electron chi connectivity index (χ4n) is 5.22. The summed E-state index contributed by atoms with van der Waals surface area (Å²) in [5, 5.41) is 6.85. The molecule has 33 heavy (non-hydrogen) atoms. The summed E-state index contributed by atoms with van der Waals surface area (Å²) in [5.41, 5.74) is 5.37. The zero-order valence-electron chi connectivity index (χ0n) is 17.4. The zero-order valence-corrected chi connectivity index (χ0v) is 17.4. The van der Waals surface area contributed by atoms with Crippen molar-refractivity contribution in [3.05, 3.63) is 97.1 Å². The largest absolute Gasteiger partial charge is 0.456 e. The average molecular weight is 424 g/mol. The lowest BCUT2D eigenvalue weighted by Gasteiger charge is -2.03. The Labute approximate surface area is 187 Å². The minimum absolute atomic E-state index is 0.560. The fourth-order valence-corrected chi connectivity index (χ4v) is 5.22. The Morgan fingerprint density at radius 2 is 1.33 bits per heavy atom. The van der Waals surface area contributed by atoms with E-state index in [-0.39, 0.29) is 0 Å². The van der Waals surface area contributed by atoms with Gasteiger partial charge in [0.05, 0.1) is 16.4 Å². The molecular weight excluding hydrogens is 408 g/mol. The Kier molecular flexibility index (Phi) is 3.11. The Balaban J connectivity index is 1.53. The van der Waals surface area contributed by atoms with Crippen LogP contribution in [0.4, 0.5) is 0 Å². The highest BCUT2D eigenvalue weighted by molar-refractivity contribution is 6.21. The lowest BCUT2D eigenvalue weighted by molar-refractivity contribution is 0.577. The van der Waals surface area contributed by atoms with E-state index in [4.69, 9.17) is 13.8 Å². The molecule has 0 aliphatic rings. The molecule has 0 amide bonds. The van der Waals surface area contributed by atoms with Crippen molar-refractivity contribution in [2.24, 2.45) is 0 Å². The number of para-hydroxylation sites is 2. The second-order valence-corrected chi connectivity index (χ2v) is 8.41. The first-order valence-corrected chi connectivity index (χ1v) is 11.0. The molecule has 3 heterocycles. The summed E-state index contributed by atoms with van der Waals surface area (Å²) in [4.78, 5) is 4.93. The number of rotatable bonds is 1. The predicted octanol–water partition coefficient (Wildman–Crippen LogP) is 7.98. The maximum Gasteiger partial charge on any atom is 0.307 e. The number of hydrogen-bond acceptors (Lipinski definition) is 3. The van der Waals surface area contributed by atoms with Crippen LogP contribution >= 0.6 is 0 Å². The molecule has 0 bridgehead atoms. The van der Waals surface area contributed by atoms with Crippen molar-refractivity contribution >= 4 is 65.6 Å². The van der Waals surface area contributed by atoms with Crippen LogP contribution in [0.25, 0.3) is 71.6 Å². The first-order chi connectivity index (χ1) is 16.4. The van der Waals surface area contributed by atoms with Crippen LogP contribution in [-0.4, -0.2) is 9.55 Å². The third-order valence-electron chi connectivity index (χ3n) is 6.64. The molecule has 8 rings (SSSR count). The number of nitrogens with zero attached hydrogens (tertiary/aromatic N) is 2. The molecule has 0 N–H and O–H groups in total. The second kappa shape index (κ2) is 6.02. The van der Waals surface area contributed by atoms with Crippen molar-refractivity contribution in [1.82, 2.24) is 9.55 Å². The first kappa shape index (κ1) is 17.0. The molecule has 0 radical (unpaired) electrons. The number of aromatic nitrogens is 2. The third-order valence-corrected chi connectivity index (χ3v) is 6.64. The molecule has 0 aliphatic heterocycles. The van der Waals surface area contributed by atoms with Gasteiger partial charge in [0.15, 0.2) is 5.58 Å². The highest BCUT2D eigenvalue weighted by atomic mass is 16.4. The van der Waals surface area contributed by atoms with E-state index in [2.05, 4.69) is 71.3 Å². The lowest BCUT2D eigenvalue weighted by atomic mass is 10.0. The molecule has 5 aromatic carbocycles. The van der Waals surface area contributed by atoms with Gasteiger partial charge in [-0.2, -0.15) is 4.98 Å². The van der Waals surface area contributed by atoms with E-state index in [1.54, 1.807) is 0 Å². The van der Waals surface area contributed by atoms with E-state index < -0.39 is 0 Å². The molecule has 0 spiro atoms. The highest BCUT2D eigenvalue weighted by Gasteiger charge is 2.20. The van der Waals surface area contributed by atoms with Gasteiger partial charge in [-0.25, -0.2) is 0 Å². The minimum Gasteiger partial charge on any atom is -0.456 e. The van der Waals surface area contributed by atoms with E-state index in [9.17, 15) is 0 Å². The topological polar surface area (TPSA) is 44.1 Å². The lowest BCUT2D eigenvalue weighted by Crippen LogP contribution is -1.93. The standard InChI is InChI=1S/C29H16N2O2/c1-2-8-18-17(7-1)13-15-23-26(18)19-9-3-5-11-22(19)31(23)29-30-21-14-16-25-27(28(21)33-29)20-10-4-6-12-24(20)32-25/h1-16H. The van der Waals surface area contributed by atoms with Gasteiger partial charge in [-0.3, -0.25) is 4.57 Å². The van der Waals surface area contributed by atoms with Gasteiger partial charge >= 0.3 is 6.01 Å². The molecule has 4 heteroatoms. The van der Waals surface area contributed by atoms with Crippen molar-refractivity contribution in [2.45, 2.75) is 0 Å². The maximum atomic E-state index is 6.51. The van der Waals surface area contributed by atoms with Crippen molar-refractivity contribution in [2.75, 3.05) is 0 Å². The van der Waals surface area contributed by atoms with E-state index in [0.717, 1.165) is 44.1 Å².